The van der Waals surface area contributed by atoms with Crippen molar-refractivity contribution in [3.63, 3.8) is 0 Å². The Bertz CT molecular complexity index is 282. The second-order valence-corrected chi connectivity index (χ2v) is 2.13. The lowest BCUT2D eigenvalue weighted by molar-refractivity contribution is -0.130. The molecular formula is C5H2N2O2S. The number of rotatable bonds is 0. The second-order valence-electron chi connectivity index (χ2n) is 1.30. The molecule has 0 amide bonds. The monoisotopic (exact) mass is 154 g/mol. The molecule has 0 unspecified atom stereocenters. The zero-order valence-electron chi connectivity index (χ0n) is 4.74. The molecule has 0 aromatic carbocycles. The molecule has 1 N–H and O–H groups in total. The highest BCUT2D eigenvalue weighted by molar-refractivity contribution is 7.09. The van der Waals surface area contributed by atoms with E-state index in [1.807, 2.05) is 5.92 Å². The van der Waals surface area contributed by atoms with Crippen molar-refractivity contribution in [1.29, 1.82) is 0 Å². The lowest BCUT2D eigenvalue weighted by Crippen LogP contribution is -1.86. The van der Waals surface area contributed by atoms with E-state index in [9.17, 15) is 4.79 Å². The van der Waals surface area contributed by atoms with E-state index >= 15 is 0 Å². The van der Waals surface area contributed by atoms with Crippen LogP contribution < -0.4 is 0 Å². The Balaban J connectivity index is 2.75. The fourth-order valence-electron chi connectivity index (χ4n) is 0.334. The maximum absolute atomic E-state index is 9.88. The predicted octanol–water partition coefficient (Wildman–Crippen LogP) is -0.0258. The van der Waals surface area contributed by atoms with Crippen LogP contribution in [0.25, 0.3) is 0 Å². The maximum Gasteiger partial charge on any atom is 0.382 e. The van der Waals surface area contributed by atoms with Crippen LogP contribution in [0.4, 0.5) is 0 Å². The first kappa shape index (κ1) is 6.71. The van der Waals surface area contributed by atoms with Gasteiger partial charge in [0.2, 0.25) is 0 Å². The van der Waals surface area contributed by atoms with E-state index in [1.54, 1.807) is 0 Å². The molecule has 0 spiro atoms. The number of hydrogen-bond acceptors (Lipinski definition) is 4. The summed E-state index contributed by atoms with van der Waals surface area (Å²) >= 11 is 1.21. The van der Waals surface area contributed by atoms with E-state index in [0.717, 1.165) is 0 Å². The summed E-state index contributed by atoms with van der Waals surface area (Å²) in [7, 11) is 0. The maximum atomic E-state index is 9.88. The summed E-state index contributed by atoms with van der Waals surface area (Å²) in [6.07, 6.45) is 0. The summed E-state index contributed by atoms with van der Waals surface area (Å²) in [5.74, 6) is 3.08. The molecule has 0 saturated heterocycles. The number of nitrogens with zero attached hydrogens (tertiary/aromatic N) is 2. The zero-order chi connectivity index (χ0) is 7.40. The fraction of sp³-hybridized carbons (Fsp3) is 0. The SMILES string of the molecule is O=C(O)C#Cc1nncs1. The topological polar surface area (TPSA) is 63.1 Å². The third-order valence-electron chi connectivity index (χ3n) is 0.636. The summed E-state index contributed by atoms with van der Waals surface area (Å²) < 4.78 is 0. The fourth-order valence-corrected chi connectivity index (χ4v) is 0.733. The Labute approximate surface area is 60.5 Å². The van der Waals surface area contributed by atoms with Crippen LogP contribution in [0, 0.1) is 11.8 Å². The number of aliphatic carboxylic acids is 1. The van der Waals surface area contributed by atoms with Crippen molar-refractivity contribution in [2.45, 2.75) is 0 Å². The minimum absolute atomic E-state index is 0.419. The molecule has 0 radical (unpaired) electrons. The molecule has 0 saturated carbocycles. The summed E-state index contributed by atoms with van der Waals surface area (Å²) in [4.78, 5) is 9.88. The number of hydrogen-bond donors (Lipinski definition) is 1. The zero-order valence-corrected chi connectivity index (χ0v) is 5.55. The second kappa shape index (κ2) is 2.94. The molecule has 0 fully saturated rings. The molecular weight excluding hydrogens is 152 g/mol. The van der Waals surface area contributed by atoms with Crippen LogP contribution in [-0.4, -0.2) is 21.3 Å². The van der Waals surface area contributed by atoms with Crippen LogP contribution in [0.1, 0.15) is 5.01 Å². The van der Waals surface area contributed by atoms with Crippen LogP contribution in [0.3, 0.4) is 0 Å². The van der Waals surface area contributed by atoms with Crippen molar-refractivity contribution in [2.24, 2.45) is 0 Å². The highest BCUT2D eigenvalue weighted by Crippen LogP contribution is 1.96. The van der Waals surface area contributed by atoms with Gasteiger partial charge in [0.15, 0.2) is 5.01 Å². The van der Waals surface area contributed by atoms with Crippen LogP contribution in [0.15, 0.2) is 5.51 Å². The summed E-state index contributed by atoms with van der Waals surface area (Å²) in [5, 5.41) is 15.5. The van der Waals surface area contributed by atoms with Gasteiger partial charge < -0.3 is 5.11 Å². The minimum Gasteiger partial charge on any atom is -0.472 e. The van der Waals surface area contributed by atoms with Gasteiger partial charge in [0.25, 0.3) is 0 Å². The van der Waals surface area contributed by atoms with Gasteiger partial charge in [0.05, 0.1) is 0 Å². The standard InChI is InChI=1S/C5H2N2O2S/c8-5(9)2-1-4-7-6-3-10-4/h3H,(H,8,9). The number of carboxylic acid groups (broad SMARTS) is 1. The van der Waals surface area contributed by atoms with Gasteiger partial charge in [0, 0.05) is 5.92 Å². The lowest BCUT2D eigenvalue weighted by atomic mass is 10.6. The molecule has 0 bridgehead atoms. The molecule has 0 aliphatic carbocycles. The van der Waals surface area contributed by atoms with E-state index < -0.39 is 5.97 Å². The Morgan fingerprint density at radius 1 is 1.80 bits per heavy atom. The van der Waals surface area contributed by atoms with Gasteiger partial charge in [0.1, 0.15) is 5.51 Å². The van der Waals surface area contributed by atoms with Crippen LogP contribution in [0.2, 0.25) is 0 Å². The molecule has 1 rings (SSSR count). The first-order chi connectivity index (χ1) is 4.79. The van der Waals surface area contributed by atoms with Crippen molar-refractivity contribution in [3.05, 3.63) is 10.5 Å². The first-order valence-electron chi connectivity index (χ1n) is 2.30. The van der Waals surface area contributed by atoms with Crippen LogP contribution in [-0.2, 0) is 4.79 Å². The van der Waals surface area contributed by atoms with Gasteiger partial charge in [-0.25, -0.2) is 4.79 Å². The van der Waals surface area contributed by atoms with Gasteiger partial charge in [-0.1, -0.05) is 11.3 Å². The van der Waals surface area contributed by atoms with Crippen LogP contribution in [0.5, 0.6) is 0 Å². The molecule has 1 heterocycles. The molecule has 10 heavy (non-hydrogen) atoms. The number of carbonyl (C=O) groups is 1. The highest BCUT2D eigenvalue weighted by atomic mass is 32.1. The third kappa shape index (κ3) is 1.84. The van der Waals surface area contributed by atoms with Crippen molar-refractivity contribution in [2.75, 3.05) is 0 Å². The summed E-state index contributed by atoms with van der Waals surface area (Å²) in [6.45, 7) is 0. The van der Waals surface area contributed by atoms with Crippen molar-refractivity contribution < 1.29 is 9.90 Å². The molecule has 0 atom stereocenters. The largest absolute Gasteiger partial charge is 0.472 e. The summed E-state index contributed by atoms with van der Waals surface area (Å²) in [5.41, 5.74) is 1.49. The smallest absolute Gasteiger partial charge is 0.382 e. The van der Waals surface area contributed by atoms with Gasteiger partial charge >= 0.3 is 5.97 Å². The summed E-state index contributed by atoms with van der Waals surface area (Å²) in [6, 6.07) is 0. The Kier molecular flexibility index (Phi) is 1.97. The first-order valence-corrected chi connectivity index (χ1v) is 3.18. The molecule has 1 aromatic heterocycles. The molecule has 4 nitrogen and oxygen atoms in total. The van der Waals surface area contributed by atoms with E-state index in [-0.39, 0.29) is 0 Å². The molecule has 5 heteroatoms. The average Bonchev–Trinajstić information content (AvgIpc) is 2.34. The Morgan fingerprint density at radius 2 is 2.60 bits per heavy atom. The lowest BCUT2D eigenvalue weighted by Gasteiger charge is -1.70. The van der Waals surface area contributed by atoms with E-state index in [1.165, 1.54) is 16.8 Å². The van der Waals surface area contributed by atoms with E-state index in [0.29, 0.717) is 5.01 Å². The van der Waals surface area contributed by atoms with Gasteiger partial charge in [-0.15, -0.1) is 10.2 Å². The van der Waals surface area contributed by atoms with E-state index in [4.69, 9.17) is 5.11 Å². The highest BCUT2D eigenvalue weighted by Gasteiger charge is 1.89. The quantitative estimate of drug-likeness (QED) is 0.533. The Morgan fingerprint density at radius 3 is 3.10 bits per heavy atom. The average molecular weight is 154 g/mol. The Hall–Kier alpha value is -1.41. The normalized spacial score (nSPS) is 8.00. The number of carboxylic acids is 1. The van der Waals surface area contributed by atoms with Gasteiger partial charge in [-0.2, -0.15) is 0 Å². The van der Waals surface area contributed by atoms with E-state index in [2.05, 4.69) is 16.1 Å². The minimum atomic E-state index is -1.16. The van der Waals surface area contributed by atoms with Gasteiger partial charge in [-0.3, -0.25) is 0 Å². The van der Waals surface area contributed by atoms with Crippen LogP contribution >= 0.6 is 11.3 Å². The molecule has 0 aliphatic heterocycles. The molecule has 50 valence electrons. The number of aromatic nitrogens is 2. The van der Waals surface area contributed by atoms with Crippen molar-refractivity contribution in [1.82, 2.24) is 10.2 Å². The molecule has 0 aliphatic rings. The van der Waals surface area contributed by atoms with Gasteiger partial charge in [-0.05, 0) is 5.92 Å². The molecule has 1 aromatic rings. The van der Waals surface area contributed by atoms with Crippen molar-refractivity contribution >= 4 is 17.3 Å². The predicted molar refractivity (Wildman–Crippen MR) is 34.4 cm³/mol. The van der Waals surface area contributed by atoms with Crippen molar-refractivity contribution in [3.8, 4) is 11.8 Å². The third-order valence-corrected chi connectivity index (χ3v) is 1.24.